The van der Waals surface area contributed by atoms with Crippen molar-refractivity contribution in [1.29, 1.82) is 0 Å². The van der Waals surface area contributed by atoms with E-state index in [0.717, 1.165) is 0 Å². The molecule has 0 bridgehead atoms. The number of nitrogen functional groups attached to an aromatic ring is 1. The van der Waals surface area contributed by atoms with E-state index >= 15 is 0 Å². The van der Waals surface area contributed by atoms with Gasteiger partial charge < -0.3 is 11.1 Å². The van der Waals surface area contributed by atoms with E-state index in [-0.39, 0.29) is 5.69 Å². The number of carbonyl (C=O) groups excluding carboxylic acids is 1. The second kappa shape index (κ2) is 4.61. The molecule has 1 heterocycles. The second-order valence-electron chi connectivity index (χ2n) is 3.44. The van der Waals surface area contributed by atoms with Gasteiger partial charge in [-0.3, -0.25) is 9.78 Å². The summed E-state index contributed by atoms with van der Waals surface area (Å²) in [5.41, 5.74) is 6.55. The standard InChI is InChI=1S/C12H10FN3O/c13-8-2-1-3-10(6-8)16-12(17)11-7-9(14)4-5-15-11/h1-7H,(H2,14,15)(H,16,17). The smallest absolute Gasteiger partial charge is 0.274 e. The highest BCUT2D eigenvalue weighted by Crippen LogP contribution is 2.11. The molecule has 17 heavy (non-hydrogen) atoms. The van der Waals surface area contributed by atoms with Crippen LogP contribution in [-0.2, 0) is 0 Å². The average Bonchev–Trinajstić information content (AvgIpc) is 2.29. The minimum absolute atomic E-state index is 0.189. The first-order chi connectivity index (χ1) is 8.15. The molecule has 1 aromatic carbocycles. The molecule has 3 N–H and O–H groups in total. The lowest BCUT2D eigenvalue weighted by Gasteiger charge is -2.04. The fourth-order valence-corrected chi connectivity index (χ4v) is 1.33. The fourth-order valence-electron chi connectivity index (χ4n) is 1.33. The Bertz CT molecular complexity index is 557. The summed E-state index contributed by atoms with van der Waals surface area (Å²) in [6, 6.07) is 8.66. The van der Waals surface area contributed by atoms with E-state index < -0.39 is 11.7 Å². The summed E-state index contributed by atoms with van der Waals surface area (Å²) in [5.74, 6) is -0.841. The van der Waals surface area contributed by atoms with E-state index in [1.807, 2.05) is 0 Å². The normalized spacial score (nSPS) is 9.94. The van der Waals surface area contributed by atoms with Gasteiger partial charge in [0.25, 0.3) is 5.91 Å². The van der Waals surface area contributed by atoms with Crippen LogP contribution >= 0.6 is 0 Å². The molecular formula is C12H10FN3O. The molecule has 0 atom stereocenters. The molecule has 1 aromatic heterocycles. The highest BCUT2D eigenvalue weighted by Gasteiger charge is 2.07. The number of halogens is 1. The van der Waals surface area contributed by atoms with Crippen molar-refractivity contribution in [2.24, 2.45) is 0 Å². The summed E-state index contributed by atoms with van der Waals surface area (Å²) in [7, 11) is 0. The highest BCUT2D eigenvalue weighted by molar-refractivity contribution is 6.03. The van der Waals surface area contributed by atoms with Crippen molar-refractivity contribution in [3.63, 3.8) is 0 Å². The zero-order valence-corrected chi connectivity index (χ0v) is 8.85. The van der Waals surface area contributed by atoms with Crippen molar-refractivity contribution in [2.75, 3.05) is 11.1 Å². The Morgan fingerprint density at radius 3 is 2.82 bits per heavy atom. The largest absolute Gasteiger partial charge is 0.399 e. The van der Waals surface area contributed by atoms with Crippen molar-refractivity contribution < 1.29 is 9.18 Å². The maximum absolute atomic E-state index is 12.9. The molecule has 0 aliphatic rings. The van der Waals surface area contributed by atoms with Gasteiger partial charge in [0, 0.05) is 17.6 Å². The lowest BCUT2D eigenvalue weighted by atomic mass is 10.2. The monoisotopic (exact) mass is 231 g/mol. The Labute approximate surface area is 97.3 Å². The maximum Gasteiger partial charge on any atom is 0.274 e. The first kappa shape index (κ1) is 11.1. The third-order valence-electron chi connectivity index (χ3n) is 2.10. The van der Waals surface area contributed by atoms with Gasteiger partial charge in [-0.25, -0.2) is 4.39 Å². The molecule has 5 heteroatoms. The Balaban J connectivity index is 2.17. The van der Waals surface area contributed by atoms with E-state index in [1.54, 1.807) is 12.1 Å². The number of rotatable bonds is 2. The highest BCUT2D eigenvalue weighted by atomic mass is 19.1. The maximum atomic E-state index is 12.9. The summed E-state index contributed by atoms with van der Waals surface area (Å²) in [4.78, 5) is 15.6. The number of amides is 1. The Hall–Kier alpha value is -2.43. The number of hydrogen-bond donors (Lipinski definition) is 2. The van der Waals surface area contributed by atoms with Gasteiger partial charge in [-0.1, -0.05) is 6.07 Å². The molecule has 1 amide bonds. The first-order valence-electron chi connectivity index (χ1n) is 4.93. The number of benzene rings is 1. The minimum Gasteiger partial charge on any atom is -0.399 e. The third kappa shape index (κ3) is 2.78. The zero-order chi connectivity index (χ0) is 12.3. The van der Waals surface area contributed by atoms with Crippen LogP contribution in [-0.4, -0.2) is 10.9 Å². The van der Waals surface area contributed by atoms with Crippen LogP contribution in [0, 0.1) is 5.82 Å². The van der Waals surface area contributed by atoms with Crippen LogP contribution < -0.4 is 11.1 Å². The van der Waals surface area contributed by atoms with Crippen molar-refractivity contribution in [3.05, 3.63) is 54.1 Å². The van der Waals surface area contributed by atoms with Gasteiger partial charge in [0.1, 0.15) is 11.5 Å². The summed E-state index contributed by atoms with van der Waals surface area (Å²) in [6.45, 7) is 0. The van der Waals surface area contributed by atoms with Gasteiger partial charge in [-0.15, -0.1) is 0 Å². The summed E-state index contributed by atoms with van der Waals surface area (Å²) >= 11 is 0. The van der Waals surface area contributed by atoms with Gasteiger partial charge >= 0.3 is 0 Å². The summed E-state index contributed by atoms with van der Waals surface area (Å²) in [5, 5.41) is 2.53. The van der Waals surface area contributed by atoms with E-state index in [4.69, 9.17) is 5.73 Å². The van der Waals surface area contributed by atoms with Crippen molar-refractivity contribution in [3.8, 4) is 0 Å². The molecule has 0 unspecified atom stereocenters. The van der Waals surface area contributed by atoms with Crippen LogP contribution in [0.15, 0.2) is 42.6 Å². The predicted octanol–water partition coefficient (Wildman–Crippen LogP) is 2.06. The van der Waals surface area contributed by atoms with Crippen LogP contribution in [0.4, 0.5) is 15.8 Å². The number of carbonyl (C=O) groups is 1. The summed E-state index contributed by atoms with van der Waals surface area (Å²) in [6.07, 6.45) is 1.44. The van der Waals surface area contributed by atoms with Gasteiger partial charge in [0.05, 0.1) is 0 Å². The average molecular weight is 231 g/mol. The molecule has 0 aliphatic carbocycles. The second-order valence-corrected chi connectivity index (χ2v) is 3.44. The van der Waals surface area contributed by atoms with Crippen LogP contribution in [0.1, 0.15) is 10.5 Å². The topological polar surface area (TPSA) is 68.0 Å². The quantitative estimate of drug-likeness (QED) is 0.831. The first-order valence-corrected chi connectivity index (χ1v) is 4.93. The fraction of sp³-hybridized carbons (Fsp3) is 0. The number of pyridine rings is 1. The molecule has 0 fully saturated rings. The molecule has 0 radical (unpaired) electrons. The van der Waals surface area contributed by atoms with Gasteiger partial charge in [0.15, 0.2) is 0 Å². The molecule has 4 nitrogen and oxygen atoms in total. The lowest BCUT2D eigenvalue weighted by molar-refractivity contribution is 0.102. The van der Waals surface area contributed by atoms with Crippen LogP contribution in [0.3, 0.4) is 0 Å². The number of hydrogen-bond acceptors (Lipinski definition) is 3. The molecular weight excluding hydrogens is 221 g/mol. The number of nitrogens with two attached hydrogens (primary N) is 1. The lowest BCUT2D eigenvalue weighted by Crippen LogP contribution is -2.13. The zero-order valence-electron chi connectivity index (χ0n) is 8.85. The van der Waals surface area contributed by atoms with E-state index in [9.17, 15) is 9.18 Å². The third-order valence-corrected chi connectivity index (χ3v) is 2.10. The molecule has 2 rings (SSSR count). The molecule has 0 saturated carbocycles. The Morgan fingerprint density at radius 1 is 1.29 bits per heavy atom. The molecule has 0 spiro atoms. The number of nitrogens with one attached hydrogen (secondary N) is 1. The van der Waals surface area contributed by atoms with Gasteiger partial charge in [-0.2, -0.15) is 0 Å². The number of anilines is 2. The number of aromatic nitrogens is 1. The van der Waals surface area contributed by atoms with E-state index in [0.29, 0.717) is 11.4 Å². The van der Waals surface area contributed by atoms with Crippen molar-refractivity contribution in [1.82, 2.24) is 4.98 Å². The van der Waals surface area contributed by atoms with Crippen LogP contribution in [0.5, 0.6) is 0 Å². The molecule has 0 saturated heterocycles. The predicted molar refractivity (Wildman–Crippen MR) is 63.0 cm³/mol. The molecule has 86 valence electrons. The Morgan fingerprint density at radius 2 is 2.12 bits per heavy atom. The van der Waals surface area contributed by atoms with Crippen molar-refractivity contribution >= 4 is 17.3 Å². The van der Waals surface area contributed by atoms with Gasteiger partial charge in [-0.05, 0) is 30.3 Å². The summed E-state index contributed by atoms with van der Waals surface area (Å²) < 4.78 is 12.9. The number of nitrogens with zero attached hydrogens (tertiary/aromatic N) is 1. The van der Waals surface area contributed by atoms with Crippen LogP contribution in [0.25, 0.3) is 0 Å². The van der Waals surface area contributed by atoms with E-state index in [2.05, 4.69) is 10.3 Å². The van der Waals surface area contributed by atoms with Crippen molar-refractivity contribution in [2.45, 2.75) is 0 Å². The Kier molecular flexibility index (Phi) is 3.00. The van der Waals surface area contributed by atoms with E-state index in [1.165, 1.54) is 30.5 Å². The SMILES string of the molecule is Nc1ccnc(C(=O)Nc2cccc(F)c2)c1. The van der Waals surface area contributed by atoms with Crippen LogP contribution in [0.2, 0.25) is 0 Å². The minimum atomic E-state index is -0.428. The van der Waals surface area contributed by atoms with Gasteiger partial charge in [0.2, 0.25) is 0 Å². The molecule has 0 aliphatic heterocycles. The molecule has 2 aromatic rings.